The van der Waals surface area contributed by atoms with Crippen molar-refractivity contribution in [2.24, 2.45) is 17.3 Å². The predicted molar refractivity (Wildman–Crippen MR) is 121 cm³/mol. The first-order valence-electron chi connectivity index (χ1n) is 11.3. The summed E-state index contributed by atoms with van der Waals surface area (Å²) in [6.45, 7) is 4.61. The second-order valence-corrected chi connectivity index (χ2v) is 9.76. The number of carbonyl (C=O) groups is 2. The van der Waals surface area contributed by atoms with Crippen molar-refractivity contribution in [1.82, 2.24) is 14.8 Å². The summed E-state index contributed by atoms with van der Waals surface area (Å²) < 4.78 is 0. The fourth-order valence-electron chi connectivity index (χ4n) is 5.52. The van der Waals surface area contributed by atoms with Gasteiger partial charge in [-0.25, -0.2) is 0 Å². The predicted octanol–water partition coefficient (Wildman–Crippen LogP) is 3.82. The van der Waals surface area contributed by atoms with Crippen molar-refractivity contribution in [2.75, 3.05) is 32.7 Å². The summed E-state index contributed by atoms with van der Waals surface area (Å²) in [5.74, 6) is 1.22. The van der Waals surface area contributed by atoms with Gasteiger partial charge in [-0.05, 0) is 65.5 Å². The molecule has 3 heterocycles. The maximum Gasteiger partial charge on any atom is 0.253 e. The summed E-state index contributed by atoms with van der Waals surface area (Å²) in [4.78, 5) is 32.1. The van der Waals surface area contributed by atoms with Crippen molar-refractivity contribution in [3.63, 3.8) is 0 Å². The van der Waals surface area contributed by atoms with E-state index < -0.39 is 0 Å². The molecule has 3 aromatic rings. The summed E-state index contributed by atoms with van der Waals surface area (Å²) in [7, 11) is 0. The highest BCUT2D eigenvalue weighted by molar-refractivity contribution is 5.95. The molecule has 2 aromatic carbocycles. The van der Waals surface area contributed by atoms with Crippen molar-refractivity contribution >= 4 is 23.1 Å². The van der Waals surface area contributed by atoms with Crippen LogP contribution in [0, 0.1) is 17.3 Å². The SMILES string of the molecule is O=CC1(CN2CC3CN(C(=O)c4ccc(-c5ccc6cc[nH]c6c5)cc4)CC3C2)CC1. The van der Waals surface area contributed by atoms with Crippen LogP contribution in [0.5, 0.6) is 0 Å². The third kappa shape index (κ3) is 3.37. The number of H-pyrrole nitrogens is 1. The molecule has 2 aliphatic heterocycles. The standard InChI is InChI=1S/C26H27N3O2/c30-17-26(8-9-26)16-28-12-22-14-29(15-23(22)13-28)25(31)20-4-1-18(2-5-20)21-6-3-19-7-10-27-24(19)11-21/h1-7,10-11,17,22-23,27H,8-9,12-16H2. The lowest BCUT2D eigenvalue weighted by atomic mass is 10.0. The number of nitrogens with one attached hydrogen (secondary N) is 1. The molecule has 1 N–H and O–H groups in total. The number of amides is 1. The minimum absolute atomic E-state index is 0.0543. The van der Waals surface area contributed by atoms with Crippen molar-refractivity contribution < 1.29 is 9.59 Å². The van der Waals surface area contributed by atoms with Crippen LogP contribution in [-0.4, -0.2) is 59.7 Å². The highest BCUT2D eigenvalue weighted by Crippen LogP contribution is 2.45. The van der Waals surface area contributed by atoms with Gasteiger partial charge in [-0.3, -0.25) is 4.79 Å². The first-order chi connectivity index (χ1) is 15.1. The van der Waals surface area contributed by atoms with E-state index in [2.05, 4.69) is 34.1 Å². The van der Waals surface area contributed by atoms with Gasteiger partial charge in [0.05, 0.1) is 0 Å². The van der Waals surface area contributed by atoms with E-state index in [9.17, 15) is 9.59 Å². The van der Waals surface area contributed by atoms with E-state index in [4.69, 9.17) is 0 Å². The number of carbonyl (C=O) groups excluding carboxylic acids is 2. The molecule has 0 radical (unpaired) electrons. The molecule has 6 rings (SSSR count). The Morgan fingerprint density at radius 1 is 0.968 bits per heavy atom. The van der Waals surface area contributed by atoms with E-state index in [1.165, 1.54) is 5.39 Å². The molecule has 0 spiro atoms. The third-order valence-corrected chi connectivity index (χ3v) is 7.55. The molecule has 158 valence electrons. The van der Waals surface area contributed by atoms with E-state index in [0.717, 1.165) is 74.1 Å². The number of fused-ring (bicyclic) bond motifs is 2. The van der Waals surface area contributed by atoms with Crippen LogP contribution in [0.15, 0.2) is 54.7 Å². The molecule has 31 heavy (non-hydrogen) atoms. The highest BCUT2D eigenvalue weighted by Gasteiger charge is 2.48. The highest BCUT2D eigenvalue weighted by atomic mass is 16.2. The van der Waals surface area contributed by atoms with Crippen molar-refractivity contribution in [3.8, 4) is 11.1 Å². The lowest BCUT2D eigenvalue weighted by Gasteiger charge is -2.23. The number of aromatic nitrogens is 1. The van der Waals surface area contributed by atoms with Gasteiger partial charge in [-0.1, -0.05) is 24.3 Å². The summed E-state index contributed by atoms with van der Waals surface area (Å²) in [6.07, 6.45) is 5.20. The minimum Gasteiger partial charge on any atom is -0.361 e. The van der Waals surface area contributed by atoms with E-state index >= 15 is 0 Å². The maximum atomic E-state index is 13.1. The molecule has 2 atom stereocenters. The molecule has 2 unspecified atom stereocenters. The van der Waals surface area contributed by atoms with Crippen LogP contribution in [0.4, 0.5) is 0 Å². The Kier molecular flexibility index (Phi) is 4.29. The molecule has 3 fully saturated rings. The number of rotatable bonds is 5. The monoisotopic (exact) mass is 413 g/mol. The number of likely N-dealkylation sites (tertiary alicyclic amines) is 2. The van der Waals surface area contributed by atoms with Crippen LogP contribution < -0.4 is 0 Å². The summed E-state index contributed by atoms with van der Waals surface area (Å²) in [5.41, 5.74) is 4.09. The van der Waals surface area contributed by atoms with Crippen LogP contribution in [0.3, 0.4) is 0 Å². The Hall–Kier alpha value is -2.92. The van der Waals surface area contributed by atoms with Gasteiger partial charge < -0.3 is 19.6 Å². The van der Waals surface area contributed by atoms with Gasteiger partial charge in [0.2, 0.25) is 0 Å². The van der Waals surface area contributed by atoms with E-state index in [1.807, 2.05) is 35.4 Å². The Balaban J connectivity index is 1.11. The lowest BCUT2D eigenvalue weighted by molar-refractivity contribution is -0.112. The number of aromatic amines is 1. The van der Waals surface area contributed by atoms with Gasteiger partial charge in [0.1, 0.15) is 6.29 Å². The number of hydrogen-bond acceptors (Lipinski definition) is 3. The Bertz CT molecular complexity index is 1130. The fraction of sp³-hybridized carbons (Fsp3) is 0.385. The van der Waals surface area contributed by atoms with E-state index in [-0.39, 0.29) is 11.3 Å². The Morgan fingerprint density at radius 2 is 1.68 bits per heavy atom. The van der Waals surface area contributed by atoms with Gasteiger partial charge in [0.25, 0.3) is 5.91 Å². The zero-order chi connectivity index (χ0) is 21.0. The average Bonchev–Trinajstić information content (AvgIpc) is 3.10. The second kappa shape index (κ2) is 7.06. The first-order valence-corrected chi connectivity index (χ1v) is 11.3. The third-order valence-electron chi connectivity index (χ3n) is 7.55. The van der Waals surface area contributed by atoms with Gasteiger partial charge in [0, 0.05) is 55.4 Å². The molecule has 5 nitrogen and oxygen atoms in total. The number of benzene rings is 2. The van der Waals surface area contributed by atoms with Crippen molar-refractivity contribution in [1.29, 1.82) is 0 Å². The van der Waals surface area contributed by atoms with Crippen LogP contribution >= 0.6 is 0 Å². The molecule has 3 aliphatic rings. The molecular formula is C26H27N3O2. The van der Waals surface area contributed by atoms with Crippen molar-refractivity contribution in [3.05, 3.63) is 60.3 Å². The summed E-state index contributed by atoms with van der Waals surface area (Å²) in [5, 5.41) is 1.20. The first kappa shape index (κ1) is 18.8. The molecule has 1 aliphatic carbocycles. The largest absolute Gasteiger partial charge is 0.361 e. The zero-order valence-corrected chi connectivity index (χ0v) is 17.6. The van der Waals surface area contributed by atoms with Gasteiger partial charge in [0.15, 0.2) is 0 Å². The minimum atomic E-state index is -0.0543. The fourth-order valence-corrected chi connectivity index (χ4v) is 5.52. The molecule has 2 saturated heterocycles. The van der Waals surface area contributed by atoms with Gasteiger partial charge in [-0.15, -0.1) is 0 Å². The molecule has 1 amide bonds. The molecule has 5 heteroatoms. The summed E-state index contributed by atoms with van der Waals surface area (Å²) >= 11 is 0. The lowest BCUT2D eigenvalue weighted by Crippen LogP contribution is -2.35. The van der Waals surface area contributed by atoms with Gasteiger partial charge in [-0.2, -0.15) is 0 Å². The Morgan fingerprint density at radius 3 is 2.35 bits per heavy atom. The molecule has 1 saturated carbocycles. The topological polar surface area (TPSA) is 56.4 Å². The maximum absolute atomic E-state index is 13.1. The van der Waals surface area contributed by atoms with E-state index in [1.54, 1.807) is 0 Å². The average molecular weight is 414 g/mol. The number of nitrogens with zero attached hydrogens (tertiary/aromatic N) is 2. The molecular weight excluding hydrogens is 386 g/mol. The zero-order valence-electron chi connectivity index (χ0n) is 17.6. The van der Waals surface area contributed by atoms with Crippen LogP contribution in [-0.2, 0) is 4.79 Å². The molecule has 1 aromatic heterocycles. The number of hydrogen-bond donors (Lipinski definition) is 1. The van der Waals surface area contributed by atoms with Crippen LogP contribution in [0.25, 0.3) is 22.0 Å². The summed E-state index contributed by atoms with van der Waals surface area (Å²) in [6, 6.07) is 16.5. The smallest absolute Gasteiger partial charge is 0.253 e. The quantitative estimate of drug-likeness (QED) is 0.647. The van der Waals surface area contributed by atoms with Crippen molar-refractivity contribution in [2.45, 2.75) is 12.8 Å². The number of aldehydes is 1. The second-order valence-electron chi connectivity index (χ2n) is 9.76. The van der Waals surface area contributed by atoms with Crippen LogP contribution in [0.2, 0.25) is 0 Å². The Labute approximate surface area is 182 Å². The van der Waals surface area contributed by atoms with Crippen LogP contribution in [0.1, 0.15) is 23.2 Å². The van der Waals surface area contributed by atoms with Gasteiger partial charge >= 0.3 is 0 Å². The molecule has 0 bridgehead atoms. The van der Waals surface area contributed by atoms with E-state index in [0.29, 0.717) is 11.8 Å². The normalized spacial score (nSPS) is 24.5.